The summed E-state index contributed by atoms with van der Waals surface area (Å²) in [6.45, 7) is 11.5. The lowest BCUT2D eigenvalue weighted by atomic mass is 10.0. The number of fused-ring (bicyclic) bond motifs is 3. The first-order chi connectivity index (χ1) is 11.6. The zero-order valence-corrected chi connectivity index (χ0v) is 13.9. The highest BCUT2D eigenvalue weighted by molar-refractivity contribution is 6.10. The third-order valence-corrected chi connectivity index (χ3v) is 4.50. The number of nitrogens with zero attached hydrogens (tertiary/aromatic N) is 2. The van der Waals surface area contributed by atoms with Crippen molar-refractivity contribution in [2.75, 3.05) is 0 Å². The van der Waals surface area contributed by atoms with Gasteiger partial charge in [0.25, 0.3) is 0 Å². The number of rotatable bonds is 1. The minimum absolute atomic E-state index is 0.559. The van der Waals surface area contributed by atoms with Crippen LogP contribution < -0.4 is 4.57 Å². The number of pyridine rings is 1. The van der Waals surface area contributed by atoms with Gasteiger partial charge in [-0.05, 0) is 37.6 Å². The van der Waals surface area contributed by atoms with Crippen molar-refractivity contribution >= 4 is 27.6 Å². The molecule has 2 heterocycles. The van der Waals surface area contributed by atoms with Crippen LogP contribution in [0.15, 0.2) is 53.1 Å². The largest absolute Gasteiger partial charge is 0.467 e. The second-order valence-electron chi connectivity index (χ2n) is 6.23. The maximum Gasteiger partial charge on any atom is 0.229 e. The highest BCUT2D eigenvalue weighted by Gasteiger charge is 2.17. The molecule has 0 unspecified atom stereocenters. The van der Waals surface area contributed by atoms with Gasteiger partial charge in [0, 0.05) is 22.4 Å². The Balaban J connectivity index is 2.04. The van der Waals surface area contributed by atoms with Gasteiger partial charge in [0.1, 0.15) is 18.2 Å². The van der Waals surface area contributed by atoms with E-state index >= 15 is 0 Å². The lowest BCUT2D eigenvalue weighted by Gasteiger charge is -2.05. The fraction of sp³-hybridized carbons (Fsp3) is 0.143. The van der Waals surface area contributed by atoms with E-state index in [0.29, 0.717) is 11.3 Å². The van der Waals surface area contributed by atoms with E-state index in [1.54, 1.807) is 6.07 Å². The summed E-state index contributed by atoms with van der Waals surface area (Å²) in [5.74, 6) is 0. The fourth-order valence-electron chi connectivity index (χ4n) is 3.33. The molecule has 0 atom stereocenters. The molecule has 0 aliphatic carbocycles. The standard InChI is InChI=1S/C21H17N2O/c1-13-8-9-19(23(4)12-13)16-11-20-17(10-14(16)2)15-6-5-7-18(22-3)21(15)24-20/h5-12H,1-2,4H3/q+1. The molecular weight excluding hydrogens is 296 g/mol. The Morgan fingerprint density at radius 1 is 1.04 bits per heavy atom. The average molecular weight is 313 g/mol. The molecule has 116 valence electrons. The van der Waals surface area contributed by atoms with Crippen molar-refractivity contribution in [2.45, 2.75) is 13.8 Å². The Morgan fingerprint density at radius 3 is 2.62 bits per heavy atom. The molecular formula is C21H17N2O+. The summed E-state index contributed by atoms with van der Waals surface area (Å²) in [6, 6.07) is 14.2. The van der Waals surface area contributed by atoms with Crippen LogP contribution in [0.1, 0.15) is 11.1 Å². The molecule has 4 rings (SSSR count). The number of aromatic nitrogens is 1. The number of benzene rings is 2. The molecule has 0 N–H and O–H groups in total. The molecule has 0 amide bonds. The van der Waals surface area contributed by atoms with E-state index in [1.165, 1.54) is 11.1 Å². The van der Waals surface area contributed by atoms with E-state index in [-0.39, 0.29) is 0 Å². The van der Waals surface area contributed by atoms with Gasteiger partial charge in [-0.15, -0.1) is 0 Å². The smallest absolute Gasteiger partial charge is 0.229 e. The van der Waals surface area contributed by atoms with Gasteiger partial charge < -0.3 is 4.42 Å². The van der Waals surface area contributed by atoms with Crippen molar-refractivity contribution in [3.63, 3.8) is 0 Å². The van der Waals surface area contributed by atoms with E-state index in [4.69, 9.17) is 11.0 Å². The van der Waals surface area contributed by atoms with E-state index in [9.17, 15) is 0 Å². The maximum absolute atomic E-state index is 7.33. The molecule has 0 radical (unpaired) electrons. The molecule has 0 saturated heterocycles. The van der Waals surface area contributed by atoms with Gasteiger partial charge in [0.05, 0.1) is 12.1 Å². The van der Waals surface area contributed by atoms with Gasteiger partial charge in [0.15, 0.2) is 6.20 Å². The Kier molecular flexibility index (Phi) is 3.14. The summed E-state index contributed by atoms with van der Waals surface area (Å²) in [5, 5.41) is 2.06. The number of hydrogen-bond donors (Lipinski definition) is 0. The molecule has 3 nitrogen and oxygen atoms in total. The Morgan fingerprint density at radius 2 is 1.88 bits per heavy atom. The molecule has 4 aromatic rings. The Hall–Kier alpha value is -3.12. The van der Waals surface area contributed by atoms with Crippen molar-refractivity contribution < 1.29 is 8.98 Å². The Labute approximate surface area is 140 Å². The molecule has 0 aliphatic heterocycles. The van der Waals surface area contributed by atoms with Crippen LogP contribution in [0.5, 0.6) is 0 Å². The minimum Gasteiger partial charge on any atom is -0.467 e. The zero-order valence-electron chi connectivity index (χ0n) is 13.9. The second-order valence-corrected chi connectivity index (χ2v) is 6.23. The molecule has 3 heteroatoms. The van der Waals surface area contributed by atoms with E-state index in [2.05, 4.69) is 60.8 Å². The van der Waals surface area contributed by atoms with Gasteiger partial charge in [-0.1, -0.05) is 18.2 Å². The first-order valence-corrected chi connectivity index (χ1v) is 7.88. The molecule has 24 heavy (non-hydrogen) atoms. The van der Waals surface area contributed by atoms with Crippen LogP contribution in [0, 0.1) is 20.4 Å². The fourth-order valence-corrected chi connectivity index (χ4v) is 3.33. The van der Waals surface area contributed by atoms with Crippen LogP contribution in [0.3, 0.4) is 0 Å². The van der Waals surface area contributed by atoms with Crippen molar-refractivity contribution in [3.05, 3.63) is 71.2 Å². The number of furan rings is 1. The molecule has 0 fully saturated rings. The molecule has 0 aliphatic rings. The van der Waals surface area contributed by atoms with Crippen molar-refractivity contribution in [2.24, 2.45) is 7.05 Å². The first-order valence-electron chi connectivity index (χ1n) is 7.88. The van der Waals surface area contributed by atoms with Gasteiger partial charge in [-0.3, -0.25) is 0 Å². The predicted molar refractivity (Wildman–Crippen MR) is 96.1 cm³/mol. The SMILES string of the molecule is [C-]#[N+]c1cccc2c1oc1cc(-c3ccc(C)c[n+]3C)c(C)cc12. The topological polar surface area (TPSA) is 21.4 Å². The van der Waals surface area contributed by atoms with Crippen molar-refractivity contribution in [1.82, 2.24) is 0 Å². The number of hydrogen-bond acceptors (Lipinski definition) is 1. The van der Waals surface area contributed by atoms with Crippen LogP contribution in [-0.2, 0) is 7.05 Å². The van der Waals surface area contributed by atoms with Crippen LogP contribution >= 0.6 is 0 Å². The normalized spacial score (nSPS) is 11.1. The van der Waals surface area contributed by atoms with Gasteiger partial charge in [0.2, 0.25) is 11.4 Å². The second kappa shape index (κ2) is 5.21. The zero-order chi connectivity index (χ0) is 16.8. The van der Waals surface area contributed by atoms with E-state index < -0.39 is 0 Å². The van der Waals surface area contributed by atoms with E-state index in [1.807, 2.05) is 12.1 Å². The van der Waals surface area contributed by atoms with Crippen molar-refractivity contribution in [1.29, 1.82) is 0 Å². The van der Waals surface area contributed by atoms with Crippen LogP contribution in [-0.4, -0.2) is 0 Å². The summed E-state index contributed by atoms with van der Waals surface area (Å²) >= 11 is 0. The highest BCUT2D eigenvalue weighted by Crippen LogP contribution is 2.37. The van der Waals surface area contributed by atoms with Gasteiger partial charge in [-0.25, -0.2) is 9.41 Å². The molecule has 2 aromatic carbocycles. The summed E-state index contributed by atoms with van der Waals surface area (Å²) in [7, 11) is 2.06. The van der Waals surface area contributed by atoms with Crippen LogP contribution in [0.25, 0.3) is 38.0 Å². The van der Waals surface area contributed by atoms with Crippen molar-refractivity contribution in [3.8, 4) is 11.3 Å². The summed E-state index contributed by atoms with van der Waals surface area (Å²) in [6.07, 6.45) is 2.12. The summed E-state index contributed by atoms with van der Waals surface area (Å²) < 4.78 is 8.17. The minimum atomic E-state index is 0.559. The molecule has 0 saturated carbocycles. The van der Waals surface area contributed by atoms with Crippen LogP contribution in [0.4, 0.5) is 5.69 Å². The molecule has 0 bridgehead atoms. The number of para-hydroxylation sites is 1. The number of aryl methyl sites for hydroxylation is 3. The predicted octanol–water partition coefficient (Wildman–Crippen LogP) is 5.25. The third-order valence-electron chi connectivity index (χ3n) is 4.50. The van der Waals surface area contributed by atoms with Gasteiger partial charge in [-0.2, -0.15) is 0 Å². The highest BCUT2D eigenvalue weighted by atomic mass is 16.3. The summed E-state index contributed by atoms with van der Waals surface area (Å²) in [4.78, 5) is 3.57. The lowest BCUT2D eigenvalue weighted by molar-refractivity contribution is -0.660. The monoisotopic (exact) mass is 313 g/mol. The maximum atomic E-state index is 7.33. The first kappa shape index (κ1) is 14.5. The lowest BCUT2D eigenvalue weighted by Crippen LogP contribution is -2.31. The van der Waals surface area contributed by atoms with Crippen LogP contribution in [0.2, 0.25) is 0 Å². The average Bonchev–Trinajstić information content (AvgIpc) is 2.92. The quantitative estimate of drug-likeness (QED) is 0.347. The summed E-state index contributed by atoms with van der Waals surface area (Å²) in [5.41, 5.74) is 6.76. The molecule has 2 aromatic heterocycles. The third kappa shape index (κ3) is 2.08. The Bertz CT molecular complexity index is 1150. The van der Waals surface area contributed by atoms with Gasteiger partial charge >= 0.3 is 0 Å². The van der Waals surface area contributed by atoms with E-state index in [0.717, 1.165) is 27.6 Å². The molecule has 0 spiro atoms.